The fraction of sp³-hybridized carbons (Fsp3) is 0.923. The van der Waals surface area contributed by atoms with Gasteiger partial charge in [-0.1, -0.05) is 19.8 Å². The van der Waals surface area contributed by atoms with Crippen LogP contribution in [-0.4, -0.2) is 37.2 Å². The first-order valence-corrected chi connectivity index (χ1v) is 7.82. The minimum absolute atomic E-state index is 0.102. The molecule has 1 aliphatic heterocycles. The van der Waals surface area contributed by atoms with Gasteiger partial charge in [-0.3, -0.25) is 4.79 Å². The standard InChI is InChI=1S/C13H25NO2S/c1-3-4-5-12(13(15)16-2)14-10-11-6-8-17-9-7-11/h11-12,14H,3-10H2,1-2H3. The van der Waals surface area contributed by atoms with E-state index in [0.29, 0.717) is 0 Å². The number of nitrogens with one attached hydrogen (secondary N) is 1. The van der Waals surface area contributed by atoms with Gasteiger partial charge in [-0.25, -0.2) is 0 Å². The van der Waals surface area contributed by atoms with Gasteiger partial charge < -0.3 is 10.1 Å². The number of carbonyl (C=O) groups is 1. The van der Waals surface area contributed by atoms with Crippen LogP contribution in [0.2, 0.25) is 0 Å². The number of unbranched alkanes of at least 4 members (excludes halogenated alkanes) is 1. The van der Waals surface area contributed by atoms with Crippen molar-refractivity contribution >= 4 is 17.7 Å². The normalized spacial score (nSPS) is 18.9. The van der Waals surface area contributed by atoms with Crippen LogP contribution in [0.5, 0.6) is 0 Å². The average Bonchev–Trinajstić information content (AvgIpc) is 2.39. The zero-order chi connectivity index (χ0) is 12.5. The third-order valence-corrected chi connectivity index (χ3v) is 4.37. The highest BCUT2D eigenvalue weighted by Gasteiger charge is 2.20. The predicted octanol–water partition coefficient (Wildman–Crippen LogP) is 2.45. The number of carbonyl (C=O) groups excluding carboxylic acids is 1. The summed E-state index contributed by atoms with van der Waals surface area (Å²) in [6, 6.07) is -0.102. The Labute approximate surface area is 109 Å². The molecule has 0 saturated carbocycles. The van der Waals surface area contributed by atoms with Crippen LogP contribution in [0.15, 0.2) is 0 Å². The molecule has 1 unspecified atom stereocenters. The molecule has 1 aliphatic rings. The summed E-state index contributed by atoms with van der Waals surface area (Å²) >= 11 is 2.04. The second kappa shape index (κ2) is 8.81. The lowest BCUT2D eigenvalue weighted by molar-refractivity contribution is -0.143. The van der Waals surface area contributed by atoms with Crippen molar-refractivity contribution in [3.63, 3.8) is 0 Å². The molecule has 0 bridgehead atoms. The summed E-state index contributed by atoms with van der Waals surface area (Å²) in [6.45, 7) is 3.11. The highest BCUT2D eigenvalue weighted by molar-refractivity contribution is 7.99. The Morgan fingerprint density at radius 2 is 2.18 bits per heavy atom. The molecule has 0 aromatic rings. The van der Waals surface area contributed by atoms with Crippen molar-refractivity contribution in [2.75, 3.05) is 25.2 Å². The van der Waals surface area contributed by atoms with Crippen molar-refractivity contribution in [2.24, 2.45) is 5.92 Å². The molecule has 4 heteroatoms. The molecule has 1 N–H and O–H groups in total. The van der Waals surface area contributed by atoms with E-state index in [0.717, 1.165) is 31.7 Å². The largest absolute Gasteiger partial charge is 0.468 e. The molecule has 17 heavy (non-hydrogen) atoms. The maximum absolute atomic E-state index is 11.6. The first-order valence-electron chi connectivity index (χ1n) is 6.66. The van der Waals surface area contributed by atoms with Crippen LogP contribution >= 0.6 is 11.8 Å². The quantitative estimate of drug-likeness (QED) is 0.713. The van der Waals surface area contributed by atoms with Gasteiger partial charge in [0.1, 0.15) is 6.04 Å². The van der Waals surface area contributed by atoms with E-state index in [9.17, 15) is 4.79 Å². The zero-order valence-corrected chi connectivity index (χ0v) is 11.9. The highest BCUT2D eigenvalue weighted by Crippen LogP contribution is 2.22. The number of rotatable bonds is 7. The molecule has 0 radical (unpaired) electrons. The van der Waals surface area contributed by atoms with Crippen LogP contribution in [0.25, 0.3) is 0 Å². The smallest absolute Gasteiger partial charge is 0.322 e. The van der Waals surface area contributed by atoms with Gasteiger partial charge in [-0.05, 0) is 43.2 Å². The van der Waals surface area contributed by atoms with E-state index in [-0.39, 0.29) is 12.0 Å². The van der Waals surface area contributed by atoms with Crippen LogP contribution in [0.3, 0.4) is 0 Å². The third kappa shape index (κ3) is 5.77. The molecule has 1 heterocycles. The molecular formula is C13H25NO2S. The Bertz CT molecular complexity index is 217. The summed E-state index contributed by atoms with van der Waals surface area (Å²) in [5.74, 6) is 3.17. The van der Waals surface area contributed by atoms with Crippen molar-refractivity contribution in [1.82, 2.24) is 5.32 Å². The lowest BCUT2D eigenvalue weighted by atomic mass is 10.0. The topological polar surface area (TPSA) is 38.3 Å². The summed E-state index contributed by atoms with van der Waals surface area (Å²) in [4.78, 5) is 11.6. The summed E-state index contributed by atoms with van der Waals surface area (Å²) in [6.07, 6.45) is 5.64. The third-order valence-electron chi connectivity index (χ3n) is 3.33. The van der Waals surface area contributed by atoms with Gasteiger partial charge >= 0.3 is 5.97 Å². The molecule has 0 aromatic carbocycles. The number of ether oxygens (including phenoxy) is 1. The molecule has 100 valence electrons. The number of hydrogen-bond acceptors (Lipinski definition) is 4. The first-order chi connectivity index (χ1) is 8.27. The molecule has 1 rings (SSSR count). The number of hydrogen-bond donors (Lipinski definition) is 1. The summed E-state index contributed by atoms with van der Waals surface area (Å²) < 4.78 is 4.84. The van der Waals surface area contributed by atoms with Crippen molar-refractivity contribution in [2.45, 2.75) is 45.1 Å². The van der Waals surface area contributed by atoms with E-state index in [1.54, 1.807) is 0 Å². The Balaban J connectivity index is 2.28. The van der Waals surface area contributed by atoms with Gasteiger partial charge in [0.25, 0.3) is 0 Å². The van der Waals surface area contributed by atoms with Crippen LogP contribution in [0.4, 0.5) is 0 Å². The Morgan fingerprint density at radius 3 is 2.76 bits per heavy atom. The fourth-order valence-corrected chi connectivity index (χ4v) is 3.32. The Kier molecular flexibility index (Phi) is 7.69. The predicted molar refractivity (Wildman–Crippen MR) is 73.4 cm³/mol. The first kappa shape index (κ1) is 14.8. The molecule has 1 fully saturated rings. The average molecular weight is 259 g/mol. The molecule has 1 atom stereocenters. The van der Waals surface area contributed by atoms with E-state index in [2.05, 4.69) is 12.2 Å². The molecule has 3 nitrogen and oxygen atoms in total. The maximum Gasteiger partial charge on any atom is 0.322 e. The van der Waals surface area contributed by atoms with Gasteiger partial charge in [-0.15, -0.1) is 0 Å². The second-order valence-corrected chi connectivity index (χ2v) is 5.91. The van der Waals surface area contributed by atoms with Gasteiger partial charge in [0.2, 0.25) is 0 Å². The van der Waals surface area contributed by atoms with E-state index in [1.165, 1.54) is 31.5 Å². The SMILES string of the molecule is CCCCC(NCC1CCSCC1)C(=O)OC. The summed E-state index contributed by atoms with van der Waals surface area (Å²) in [5.41, 5.74) is 0. The van der Waals surface area contributed by atoms with E-state index in [1.807, 2.05) is 11.8 Å². The van der Waals surface area contributed by atoms with Gasteiger partial charge in [0.15, 0.2) is 0 Å². The van der Waals surface area contributed by atoms with Crippen LogP contribution in [0.1, 0.15) is 39.0 Å². The number of esters is 1. The molecule has 0 aliphatic carbocycles. The van der Waals surface area contributed by atoms with Gasteiger partial charge in [0, 0.05) is 0 Å². The zero-order valence-electron chi connectivity index (χ0n) is 11.0. The summed E-state index contributed by atoms with van der Waals surface area (Å²) in [5, 5.41) is 3.39. The lowest BCUT2D eigenvalue weighted by Crippen LogP contribution is -2.40. The van der Waals surface area contributed by atoms with Crippen molar-refractivity contribution < 1.29 is 9.53 Å². The van der Waals surface area contributed by atoms with Crippen LogP contribution in [0, 0.1) is 5.92 Å². The summed E-state index contributed by atoms with van der Waals surface area (Å²) in [7, 11) is 1.47. The lowest BCUT2D eigenvalue weighted by Gasteiger charge is -2.24. The Morgan fingerprint density at radius 1 is 1.47 bits per heavy atom. The van der Waals surface area contributed by atoms with E-state index >= 15 is 0 Å². The second-order valence-electron chi connectivity index (χ2n) is 4.68. The van der Waals surface area contributed by atoms with Gasteiger partial charge in [0.05, 0.1) is 7.11 Å². The molecule has 1 saturated heterocycles. The van der Waals surface area contributed by atoms with Crippen molar-refractivity contribution in [3.05, 3.63) is 0 Å². The monoisotopic (exact) mass is 259 g/mol. The number of methoxy groups -OCH3 is 1. The van der Waals surface area contributed by atoms with E-state index in [4.69, 9.17) is 4.74 Å². The minimum atomic E-state index is -0.108. The Hall–Kier alpha value is -0.220. The molecule has 0 aromatic heterocycles. The van der Waals surface area contributed by atoms with Crippen LogP contribution < -0.4 is 5.32 Å². The van der Waals surface area contributed by atoms with Crippen molar-refractivity contribution in [3.8, 4) is 0 Å². The molecular weight excluding hydrogens is 234 g/mol. The molecule has 0 amide bonds. The fourth-order valence-electron chi connectivity index (χ4n) is 2.11. The van der Waals surface area contributed by atoms with Gasteiger partial charge in [-0.2, -0.15) is 11.8 Å². The highest BCUT2D eigenvalue weighted by atomic mass is 32.2. The minimum Gasteiger partial charge on any atom is -0.468 e. The number of thioether (sulfide) groups is 1. The van der Waals surface area contributed by atoms with E-state index < -0.39 is 0 Å². The van der Waals surface area contributed by atoms with Crippen molar-refractivity contribution in [1.29, 1.82) is 0 Å². The maximum atomic E-state index is 11.6. The molecule has 0 spiro atoms. The van der Waals surface area contributed by atoms with Crippen LogP contribution in [-0.2, 0) is 9.53 Å².